The van der Waals surface area contributed by atoms with Gasteiger partial charge in [0.25, 0.3) is 0 Å². The second kappa shape index (κ2) is 10.2. The highest BCUT2D eigenvalue weighted by Crippen LogP contribution is 2.35. The topological polar surface area (TPSA) is 102 Å². The molecule has 0 aliphatic heterocycles. The molecule has 1 atom stereocenters. The first-order chi connectivity index (χ1) is 16.7. The van der Waals surface area contributed by atoms with Gasteiger partial charge in [-0.3, -0.25) is 0 Å². The first-order valence-electron chi connectivity index (χ1n) is 12.1. The summed E-state index contributed by atoms with van der Waals surface area (Å²) in [5.41, 5.74) is 11.2. The SMILES string of the molecule is COc1cccc(C(CCN[C@H]2CC[C@H](c3ccccc3)CC2)c2cc(N)nc3[nH]nnc23)c1. The third-order valence-corrected chi connectivity index (χ3v) is 7.08. The number of anilines is 1. The van der Waals surface area contributed by atoms with Gasteiger partial charge in [-0.15, -0.1) is 5.10 Å². The fourth-order valence-electron chi connectivity index (χ4n) is 5.30. The molecule has 0 amide bonds. The molecule has 176 valence electrons. The van der Waals surface area contributed by atoms with Crippen molar-refractivity contribution in [3.8, 4) is 5.75 Å². The minimum Gasteiger partial charge on any atom is -0.497 e. The largest absolute Gasteiger partial charge is 0.497 e. The third-order valence-electron chi connectivity index (χ3n) is 7.08. The molecule has 0 radical (unpaired) electrons. The second-order valence-electron chi connectivity index (χ2n) is 9.18. The van der Waals surface area contributed by atoms with Crippen molar-refractivity contribution in [1.29, 1.82) is 0 Å². The van der Waals surface area contributed by atoms with Crippen molar-refractivity contribution in [1.82, 2.24) is 25.7 Å². The van der Waals surface area contributed by atoms with E-state index < -0.39 is 0 Å². The summed E-state index contributed by atoms with van der Waals surface area (Å²) in [4.78, 5) is 4.35. The molecule has 2 aromatic carbocycles. The van der Waals surface area contributed by atoms with Crippen LogP contribution in [0.1, 0.15) is 60.6 Å². The minimum absolute atomic E-state index is 0.0983. The van der Waals surface area contributed by atoms with Gasteiger partial charge in [0.2, 0.25) is 0 Å². The van der Waals surface area contributed by atoms with Crippen molar-refractivity contribution in [2.75, 3.05) is 19.4 Å². The Morgan fingerprint density at radius 2 is 1.88 bits per heavy atom. The lowest BCUT2D eigenvalue weighted by Gasteiger charge is -2.30. The van der Waals surface area contributed by atoms with Gasteiger partial charge in [-0.05, 0) is 79.5 Å². The number of nitrogen functional groups attached to an aromatic ring is 1. The summed E-state index contributed by atoms with van der Waals surface area (Å²) < 4.78 is 5.50. The number of rotatable bonds is 8. The van der Waals surface area contributed by atoms with E-state index in [1.54, 1.807) is 7.11 Å². The van der Waals surface area contributed by atoms with Crippen molar-refractivity contribution < 1.29 is 4.74 Å². The monoisotopic (exact) mass is 456 g/mol. The molecule has 1 saturated carbocycles. The van der Waals surface area contributed by atoms with Gasteiger partial charge < -0.3 is 15.8 Å². The van der Waals surface area contributed by atoms with Crippen molar-refractivity contribution >= 4 is 17.0 Å². The first kappa shape index (κ1) is 22.3. The molecule has 1 aliphatic rings. The van der Waals surface area contributed by atoms with Crippen molar-refractivity contribution in [2.24, 2.45) is 0 Å². The van der Waals surface area contributed by atoms with Crippen LogP contribution in [-0.4, -0.2) is 40.1 Å². The Kier molecular flexibility index (Phi) is 6.72. The van der Waals surface area contributed by atoms with Gasteiger partial charge in [0.1, 0.15) is 17.1 Å². The Hall–Kier alpha value is -3.45. The predicted octanol–water partition coefficient (Wildman–Crippen LogP) is 4.78. The number of fused-ring (bicyclic) bond motifs is 1. The predicted molar refractivity (Wildman–Crippen MR) is 135 cm³/mol. The van der Waals surface area contributed by atoms with Crippen LogP contribution in [0.25, 0.3) is 11.2 Å². The van der Waals surface area contributed by atoms with E-state index in [9.17, 15) is 0 Å². The van der Waals surface area contributed by atoms with Crippen LogP contribution >= 0.6 is 0 Å². The highest BCUT2D eigenvalue weighted by Gasteiger charge is 2.24. The molecule has 7 heteroatoms. The summed E-state index contributed by atoms with van der Waals surface area (Å²) >= 11 is 0. The summed E-state index contributed by atoms with van der Waals surface area (Å²) in [5, 5.41) is 15.0. The number of H-pyrrole nitrogens is 1. The zero-order valence-corrected chi connectivity index (χ0v) is 19.6. The van der Waals surface area contributed by atoms with Gasteiger partial charge in [-0.25, -0.2) is 10.1 Å². The van der Waals surface area contributed by atoms with E-state index in [4.69, 9.17) is 10.5 Å². The molecule has 5 rings (SSSR count). The maximum absolute atomic E-state index is 6.14. The Labute approximate surface area is 200 Å². The van der Waals surface area contributed by atoms with Crippen LogP contribution in [-0.2, 0) is 0 Å². The Morgan fingerprint density at radius 3 is 2.68 bits per heavy atom. The van der Waals surface area contributed by atoms with Crippen molar-refractivity contribution in [3.63, 3.8) is 0 Å². The van der Waals surface area contributed by atoms with Crippen molar-refractivity contribution in [3.05, 3.63) is 77.4 Å². The van der Waals surface area contributed by atoms with Crippen LogP contribution in [0.5, 0.6) is 5.75 Å². The van der Waals surface area contributed by atoms with Gasteiger partial charge in [0, 0.05) is 12.0 Å². The number of nitrogens with zero attached hydrogens (tertiary/aromatic N) is 3. The quantitative estimate of drug-likeness (QED) is 0.353. The maximum atomic E-state index is 6.14. The number of aromatic nitrogens is 4. The molecule has 0 spiro atoms. The molecule has 2 heterocycles. The Morgan fingerprint density at radius 1 is 1.06 bits per heavy atom. The van der Waals surface area contributed by atoms with E-state index in [-0.39, 0.29) is 5.92 Å². The number of hydrogen-bond donors (Lipinski definition) is 3. The number of nitrogens with one attached hydrogen (secondary N) is 2. The van der Waals surface area contributed by atoms with Crippen LogP contribution < -0.4 is 15.8 Å². The fourth-order valence-corrected chi connectivity index (χ4v) is 5.30. The number of ether oxygens (including phenoxy) is 1. The van der Waals surface area contributed by atoms with Crippen LogP contribution in [0.3, 0.4) is 0 Å². The lowest BCUT2D eigenvalue weighted by Crippen LogP contribution is -2.34. The fraction of sp³-hybridized carbons (Fsp3) is 0.370. The smallest absolute Gasteiger partial charge is 0.178 e. The molecule has 1 aliphatic carbocycles. The number of aromatic amines is 1. The third kappa shape index (κ3) is 4.89. The molecule has 0 bridgehead atoms. The number of benzene rings is 2. The van der Waals surface area contributed by atoms with Crippen molar-refractivity contribution in [2.45, 2.75) is 50.0 Å². The lowest BCUT2D eigenvalue weighted by molar-refractivity contribution is 0.340. The number of hydrogen-bond acceptors (Lipinski definition) is 6. The molecule has 2 aromatic heterocycles. The summed E-state index contributed by atoms with van der Waals surface area (Å²) in [6.07, 6.45) is 5.80. The average Bonchev–Trinajstić information content (AvgIpc) is 3.36. The number of methoxy groups -OCH3 is 1. The maximum Gasteiger partial charge on any atom is 0.178 e. The van der Waals surface area contributed by atoms with E-state index >= 15 is 0 Å². The molecular weight excluding hydrogens is 424 g/mol. The molecule has 4 N–H and O–H groups in total. The van der Waals surface area contributed by atoms with Crippen LogP contribution in [0, 0.1) is 0 Å². The van der Waals surface area contributed by atoms with Gasteiger partial charge >= 0.3 is 0 Å². The van der Waals surface area contributed by atoms with E-state index in [1.807, 2.05) is 18.2 Å². The molecule has 7 nitrogen and oxygen atoms in total. The molecule has 4 aromatic rings. The Bertz CT molecular complexity index is 1220. The molecule has 1 fully saturated rings. The normalized spacial score (nSPS) is 19.2. The number of nitrogens with two attached hydrogens (primary N) is 1. The van der Waals surface area contributed by atoms with Gasteiger partial charge in [0.05, 0.1) is 7.11 Å². The summed E-state index contributed by atoms with van der Waals surface area (Å²) in [6.45, 7) is 0.907. The molecular formula is C27H32N6O. The Balaban J connectivity index is 1.29. The highest BCUT2D eigenvalue weighted by molar-refractivity contribution is 5.77. The van der Waals surface area contributed by atoms with E-state index in [1.165, 1.54) is 36.8 Å². The zero-order valence-electron chi connectivity index (χ0n) is 19.6. The minimum atomic E-state index is 0.0983. The first-order valence-corrected chi connectivity index (χ1v) is 12.1. The molecule has 34 heavy (non-hydrogen) atoms. The average molecular weight is 457 g/mol. The van der Waals surface area contributed by atoms with E-state index in [0.717, 1.165) is 29.8 Å². The second-order valence-corrected chi connectivity index (χ2v) is 9.18. The van der Waals surface area contributed by atoms with Gasteiger partial charge in [-0.2, -0.15) is 0 Å². The standard InChI is InChI=1S/C27H32N6O/c1-34-22-9-5-8-20(16-22)23(24-17-25(28)30-27-26(24)31-33-32-27)14-15-29-21-12-10-19(11-13-21)18-6-3-2-4-7-18/h2-9,16-17,19,21,23,29H,10-15H2,1H3,(H3,28,30,31,32,33)/t19-,21-,23?. The van der Waals surface area contributed by atoms with Crippen LogP contribution in [0.15, 0.2) is 60.7 Å². The summed E-state index contributed by atoms with van der Waals surface area (Å²) in [6, 6.07) is 21.6. The van der Waals surface area contributed by atoms with Crippen LogP contribution in [0.2, 0.25) is 0 Å². The van der Waals surface area contributed by atoms with E-state index in [0.29, 0.717) is 23.4 Å². The van der Waals surface area contributed by atoms with Crippen LogP contribution in [0.4, 0.5) is 5.82 Å². The lowest BCUT2D eigenvalue weighted by atomic mass is 9.81. The van der Waals surface area contributed by atoms with Gasteiger partial charge in [0.15, 0.2) is 5.65 Å². The highest BCUT2D eigenvalue weighted by atomic mass is 16.5. The summed E-state index contributed by atoms with van der Waals surface area (Å²) in [7, 11) is 1.70. The summed E-state index contributed by atoms with van der Waals surface area (Å²) in [5.74, 6) is 2.09. The zero-order chi connectivity index (χ0) is 23.3. The van der Waals surface area contributed by atoms with Gasteiger partial charge in [-0.1, -0.05) is 47.7 Å². The van der Waals surface area contributed by atoms with E-state index in [2.05, 4.69) is 68.2 Å². The molecule has 1 unspecified atom stereocenters. The number of pyridine rings is 1. The molecule has 0 saturated heterocycles.